The monoisotopic (exact) mass is 371 g/mol. The van der Waals surface area contributed by atoms with Crippen LogP contribution in [0.1, 0.15) is 64.7 Å². The zero-order chi connectivity index (χ0) is 19.2. The highest BCUT2D eigenvalue weighted by Crippen LogP contribution is 2.64. The lowest BCUT2D eigenvalue weighted by Crippen LogP contribution is -2.63. The molecule has 0 spiro atoms. The Balaban J connectivity index is 0.000000613. The van der Waals surface area contributed by atoms with E-state index in [0.29, 0.717) is 38.5 Å². The summed E-state index contributed by atoms with van der Waals surface area (Å²) in [6.45, 7) is 2.10. The van der Waals surface area contributed by atoms with Crippen LogP contribution in [0.3, 0.4) is 0 Å². The van der Waals surface area contributed by atoms with Crippen LogP contribution in [0.15, 0.2) is 12.2 Å². The van der Waals surface area contributed by atoms with E-state index in [1.54, 1.807) is 0 Å². The van der Waals surface area contributed by atoms with Gasteiger partial charge in [-0.25, -0.2) is 8.78 Å². The maximum atomic E-state index is 16.0. The van der Waals surface area contributed by atoms with Crippen LogP contribution in [0.5, 0.6) is 0 Å². The Bertz CT molecular complexity index is 558. The Morgan fingerprint density at radius 3 is 2.46 bits per heavy atom. The average Bonchev–Trinajstić information content (AvgIpc) is 2.91. The topological polar surface area (TPSA) is 52.5 Å². The van der Waals surface area contributed by atoms with Crippen molar-refractivity contribution in [1.29, 1.82) is 0 Å². The quantitative estimate of drug-likeness (QED) is 0.569. The molecule has 0 saturated heterocycles. The van der Waals surface area contributed by atoms with Gasteiger partial charge < -0.3 is 15.5 Å². The summed E-state index contributed by atoms with van der Waals surface area (Å²) < 4.78 is 31.6. The van der Waals surface area contributed by atoms with E-state index in [0.717, 1.165) is 0 Å². The minimum absolute atomic E-state index is 0.0274. The van der Waals surface area contributed by atoms with Crippen molar-refractivity contribution in [3.05, 3.63) is 12.2 Å². The van der Waals surface area contributed by atoms with Crippen molar-refractivity contribution in [2.45, 2.75) is 87.8 Å². The van der Waals surface area contributed by atoms with Gasteiger partial charge in [-0.05, 0) is 70.4 Å². The highest BCUT2D eigenvalue weighted by Gasteiger charge is 2.68. The first-order valence-corrected chi connectivity index (χ1v) is 10.2. The zero-order valence-electron chi connectivity index (χ0n) is 16.4. The Hall–Kier alpha value is -0.520. The predicted octanol–water partition coefficient (Wildman–Crippen LogP) is 3.69. The third-order valence-electron chi connectivity index (χ3n) is 7.68. The van der Waals surface area contributed by atoms with Crippen LogP contribution >= 0.6 is 0 Å². The molecule has 3 N–H and O–H groups in total. The van der Waals surface area contributed by atoms with Crippen molar-refractivity contribution in [3.8, 4) is 0 Å². The lowest BCUT2D eigenvalue weighted by Gasteiger charge is -2.55. The van der Waals surface area contributed by atoms with Crippen LogP contribution in [-0.2, 0) is 0 Å². The van der Waals surface area contributed by atoms with Gasteiger partial charge in [-0.3, -0.25) is 0 Å². The number of nitrogens with one attached hydrogen (secondary N) is 1. The van der Waals surface area contributed by atoms with Crippen LogP contribution in [0.25, 0.3) is 0 Å². The predicted molar refractivity (Wildman–Crippen MR) is 99.4 cm³/mol. The Morgan fingerprint density at radius 1 is 1.08 bits per heavy atom. The Kier molecular flexibility index (Phi) is 5.31. The molecule has 0 heterocycles. The van der Waals surface area contributed by atoms with E-state index in [1.165, 1.54) is 0 Å². The van der Waals surface area contributed by atoms with Gasteiger partial charge >= 0.3 is 0 Å². The van der Waals surface area contributed by atoms with Gasteiger partial charge in [0.2, 0.25) is 0 Å². The fourth-order valence-corrected chi connectivity index (χ4v) is 6.28. The first kappa shape index (κ1) is 20.2. The molecule has 26 heavy (non-hydrogen) atoms. The maximum absolute atomic E-state index is 16.0. The fourth-order valence-electron chi connectivity index (χ4n) is 6.28. The molecule has 150 valence electrons. The van der Waals surface area contributed by atoms with Gasteiger partial charge in [0.05, 0.1) is 6.10 Å². The number of hydrogen-bond donors (Lipinski definition) is 3. The summed E-state index contributed by atoms with van der Waals surface area (Å²) in [5.41, 5.74) is -5.14. The van der Waals surface area contributed by atoms with Crippen LogP contribution < -0.4 is 5.32 Å². The number of aliphatic hydroxyl groups is 2. The highest BCUT2D eigenvalue weighted by molar-refractivity contribution is 5.24. The second-order valence-electron chi connectivity index (χ2n) is 9.47. The van der Waals surface area contributed by atoms with Gasteiger partial charge in [0.1, 0.15) is 16.9 Å². The van der Waals surface area contributed by atoms with Crippen LogP contribution in [-0.4, -0.2) is 47.4 Å². The standard InChI is InChI=1S/C19H28F2O2.C2H7N/c1-16-7-2-3-15(16)19(23)8-6-13-4-5-14(22)11-17(13,20)12-18(19,21)10-9-16;1-3-2/h2,7,13-15,22-23H,3-6,8-12H2,1H3;3H,1-2H3/t13?,14?,15?,16?,17?,18?,19-;/m0./s1. The largest absolute Gasteiger partial charge is 0.393 e. The van der Waals surface area contributed by atoms with Crippen molar-refractivity contribution in [2.75, 3.05) is 14.1 Å². The lowest BCUT2D eigenvalue weighted by molar-refractivity contribution is -0.202. The second-order valence-corrected chi connectivity index (χ2v) is 9.47. The van der Waals surface area contributed by atoms with Gasteiger partial charge in [0.15, 0.2) is 0 Å². The molecule has 3 fully saturated rings. The van der Waals surface area contributed by atoms with E-state index in [9.17, 15) is 10.2 Å². The summed E-state index contributed by atoms with van der Waals surface area (Å²) in [5, 5.41) is 24.1. The van der Waals surface area contributed by atoms with Gasteiger partial charge in [0.25, 0.3) is 0 Å². The molecule has 7 atom stereocenters. The summed E-state index contributed by atoms with van der Waals surface area (Å²) in [6, 6.07) is 0. The van der Waals surface area contributed by atoms with E-state index in [4.69, 9.17) is 0 Å². The summed E-state index contributed by atoms with van der Waals surface area (Å²) in [7, 11) is 3.75. The lowest BCUT2D eigenvalue weighted by atomic mass is 9.54. The number of halogens is 2. The minimum atomic E-state index is -1.87. The van der Waals surface area contributed by atoms with Crippen molar-refractivity contribution in [2.24, 2.45) is 17.3 Å². The van der Waals surface area contributed by atoms with Crippen LogP contribution in [0.4, 0.5) is 8.78 Å². The molecule has 0 aromatic rings. The number of aliphatic hydroxyl groups excluding tert-OH is 1. The SMILES string of the molecule is CC12C=CCC1[C@@]1(O)CCC3CCC(O)CC3(F)CC1(F)CC2.CNC. The second kappa shape index (κ2) is 6.82. The first-order valence-electron chi connectivity index (χ1n) is 10.2. The Labute approximate surface area is 156 Å². The number of allylic oxidation sites excluding steroid dienone is 2. The molecule has 3 saturated carbocycles. The van der Waals surface area contributed by atoms with Gasteiger partial charge in [0, 0.05) is 18.8 Å². The maximum Gasteiger partial charge on any atom is 0.142 e. The summed E-state index contributed by atoms with van der Waals surface area (Å²) in [5.74, 6) is -0.379. The first-order chi connectivity index (χ1) is 12.1. The zero-order valence-corrected chi connectivity index (χ0v) is 16.4. The number of hydrogen-bond acceptors (Lipinski definition) is 3. The van der Waals surface area contributed by atoms with E-state index >= 15 is 8.78 Å². The summed E-state index contributed by atoms with van der Waals surface area (Å²) >= 11 is 0. The van der Waals surface area contributed by atoms with Crippen molar-refractivity contribution in [3.63, 3.8) is 0 Å². The highest BCUT2D eigenvalue weighted by atomic mass is 19.2. The smallest absolute Gasteiger partial charge is 0.142 e. The molecule has 0 aromatic carbocycles. The van der Waals surface area contributed by atoms with E-state index in [-0.39, 0.29) is 36.5 Å². The van der Waals surface area contributed by atoms with Crippen molar-refractivity contribution >= 4 is 0 Å². The van der Waals surface area contributed by atoms with Crippen LogP contribution in [0.2, 0.25) is 0 Å². The normalized spacial score (nSPS) is 52.8. The van der Waals surface area contributed by atoms with Crippen LogP contribution in [0, 0.1) is 17.3 Å². The van der Waals surface area contributed by atoms with Crippen molar-refractivity contribution in [1.82, 2.24) is 5.32 Å². The molecule has 4 aliphatic carbocycles. The molecule has 0 amide bonds. The summed E-state index contributed by atoms with van der Waals surface area (Å²) in [4.78, 5) is 0. The van der Waals surface area contributed by atoms with E-state index in [1.807, 2.05) is 14.1 Å². The minimum Gasteiger partial charge on any atom is -0.393 e. The molecule has 0 aromatic heterocycles. The Morgan fingerprint density at radius 2 is 1.77 bits per heavy atom. The molecule has 4 rings (SSSR count). The molecule has 6 unspecified atom stereocenters. The van der Waals surface area contributed by atoms with E-state index < -0.39 is 23.0 Å². The third-order valence-corrected chi connectivity index (χ3v) is 7.68. The third kappa shape index (κ3) is 3.04. The van der Waals surface area contributed by atoms with Gasteiger partial charge in [-0.1, -0.05) is 19.1 Å². The molecular formula is C21H35F2NO2. The molecule has 0 radical (unpaired) electrons. The van der Waals surface area contributed by atoms with E-state index in [2.05, 4.69) is 24.4 Å². The average molecular weight is 372 g/mol. The fraction of sp³-hybridized carbons (Fsp3) is 0.905. The van der Waals surface area contributed by atoms with Gasteiger partial charge in [-0.15, -0.1) is 0 Å². The molecule has 0 bridgehead atoms. The summed E-state index contributed by atoms with van der Waals surface area (Å²) in [6.07, 6.45) is 6.93. The van der Waals surface area contributed by atoms with Gasteiger partial charge in [-0.2, -0.15) is 0 Å². The molecule has 3 nitrogen and oxygen atoms in total. The number of fused-ring (bicyclic) bond motifs is 4. The molecular weight excluding hydrogens is 336 g/mol. The number of alkyl halides is 2. The van der Waals surface area contributed by atoms with Crippen molar-refractivity contribution < 1.29 is 19.0 Å². The molecule has 4 aliphatic rings. The molecule has 0 aliphatic heterocycles. The molecule has 5 heteroatoms. The number of rotatable bonds is 0.